The highest BCUT2D eigenvalue weighted by molar-refractivity contribution is 5.92. The van der Waals surface area contributed by atoms with Gasteiger partial charge in [0.1, 0.15) is 17.2 Å². The van der Waals surface area contributed by atoms with E-state index in [0.717, 1.165) is 80.3 Å². The van der Waals surface area contributed by atoms with Gasteiger partial charge in [0.15, 0.2) is 11.6 Å². The number of piperazine rings is 1. The normalized spacial score (nSPS) is 20.6. The third-order valence-electron chi connectivity index (χ3n) is 8.12. The minimum Gasteiger partial charge on any atom is -0.477 e. The number of ether oxygens (including phenoxy) is 1. The molecule has 204 valence electrons. The van der Waals surface area contributed by atoms with Crippen LogP contribution in [-0.2, 0) is 13.6 Å². The van der Waals surface area contributed by atoms with E-state index >= 15 is 0 Å². The number of fused-ring (bicyclic) bond motifs is 5. The summed E-state index contributed by atoms with van der Waals surface area (Å²) in [5.74, 6) is 3.67. The van der Waals surface area contributed by atoms with Crippen LogP contribution in [-0.4, -0.2) is 103 Å². The van der Waals surface area contributed by atoms with Gasteiger partial charge in [-0.15, -0.1) is 0 Å². The second kappa shape index (κ2) is 10.1. The van der Waals surface area contributed by atoms with Crippen LogP contribution < -0.4 is 15.0 Å². The second-order valence-electron chi connectivity index (χ2n) is 10.8. The van der Waals surface area contributed by atoms with Gasteiger partial charge < -0.3 is 19.9 Å². The number of aryl methyl sites for hydroxylation is 2. The molecule has 1 unspecified atom stereocenters. The molecule has 4 bridgehead atoms. The van der Waals surface area contributed by atoms with Gasteiger partial charge in [0, 0.05) is 83.8 Å². The molecule has 0 radical (unpaired) electrons. The van der Waals surface area contributed by atoms with Crippen LogP contribution in [0, 0.1) is 0 Å². The van der Waals surface area contributed by atoms with Crippen LogP contribution in [0.25, 0.3) is 22.3 Å². The van der Waals surface area contributed by atoms with Crippen LogP contribution in [0.1, 0.15) is 19.3 Å². The highest BCUT2D eigenvalue weighted by atomic mass is 16.5. The van der Waals surface area contributed by atoms with Gasteiger partial charge in [0.25, 0.3) is 0 Å². The molecule has 7 rings (SSSR count). The van der Waals surface area contributed by atoms with Crippen molar-refractivity contribution in [1.29, 1.82) is 0 Å². The summed E-state index contributed by atoms with van der Waals surface area (Å²) in [6.45, 7) is 7.94. The minimum atomic E-state index is 0.470. The van der Waals surface area contributed by atoms with Crippen molar-refractivity contribution >= 4 is 28.4 Å². The van der Waals surface area contributed by atoms with Crippen molar-refractivity contribution in [2.45, 2.75) is 31.8 Å². The zero-order chi connectivity index (χ0) is 26.3. The first-order valence-electron chi connectivity index (χ1n) is 13.9. The fraction of sp³-hybridized carbons (Fsp3) is 0.519. The largest absolute Gasteiger partial charge is 0.477 e. The van der Waals surface area contributed by atoms with Crippen molar-refractivity contribution in [2.75, 3.05) is 63.1 Å². The van der Waals surface area contributed by atoms with E-state index < -0.39 is 0 Å². The lowest BCUT2D eigenvalue weighted by Crippen LogP contribution is -2.49. The van der Waals surface area contributed by atoms with Crippen molar-refractivity contribution in [1.82, 2.24) is 44.3 Å². The molecule has 4 aromatic rings. The average molecular weight is 530 g/mol. The van der Waals surface area contributed by atoms with Gasteiger partial charge in [-0.05, 0) is 26.0 Å². The lowest BCUT2D eigenvalue weighted by atomic mass is 10.2. The molecule has 0 spiro atoms. The van der Waals surface area contributed by atoms with E-state index in [9.17, 15) is 0 Å². The van der Waals surface area contributed by atoms with Crippen LogP contribution in [0.3, 0.4) is 0 Å². The quantitative estimate of drug-likeness (QED) is 0.425. The van der Waals surface area contributed by atoms with E-state index in [1.165, 1.54) is 12.8 Å². The van der Waals surface area contributed by atoms with Crippen LogP contribution >= 0.6 is 0 Å². The Balaban J connectivity index is 1.22. The zero-order valence-electron chi connectivity index (χ0n) is 22.6. The van der Waals surface area contributed by atoms with Gasteiger partial charge in [-0.1, -0.05) is 0 Å². The average Bonchev–Trinajstić information content (AvgIpc) is 3.65. The molecule has 0 aromatic carbocycles. The summed E-state index contributed by atoms with van der Waals surface area (Å²) < 4.78 is 10.0. The van der Waals surface area contributed by atoms with E-state index in [4.69, 9.17) is 19.8 Å². The molecule has 0 amide bonds. The number of hydrogen-bond acceptors (Lipinski definition) is 10. The molecular weight excluding hydrogens is 494 g/mol. The van der Waals surface area contributed by atoms with E-state index in [0.29, 0.717) is 30.2 Å². The van der Waals surface area contributed by atoms with E-state index in [-0.39, 0.29) is 0 Å². The lowest BCUT2D eigenvalue weighted by Gasteiger charge is -2.36. The number of rotatable bonds is 3. The highest BCUT2D eigenvalue weighted by Crippen LogP contribution is 2.34. The molecule has 4 aromatic heterocycles. The first-order chi connectivity index (χ1) is 19.1. The number of pyridine rings is 1. The first kappa shape index (κ1) is 24.3. The molecule has 2 fully saturated rings. The number of aromatic nitrogens is 7. The van der Waals surface area contributed by atoms with Gasteiger partial charge in [-0.2, -0.15) is 10.2 Å². The van der Waals surface area contributed by atoms with Crippen molar-refractivity contribution in [3.63, 3.8) is 0 Å². The third kappa shape index (κ3) is 4.67. The Morgan fingerprint density at radius 2 is 1.90 bits per heavy atom. The molecule has 1 N–H and O–H groups in total. The third-order valence-corrected chi connectivity index (χ3v) is 8.12. The van der Waals surface area contributed by atoms with Crippen LogP contribution in [0.2, 0.25) is 0 Å². The number of hydrogen-bond donors (Lipinski definition) is 1. The van der Waals surface area contributed by atoms with Gasteiger partial charge >= 0.3 is 0 Å². The molecule has 0 aliphatic carbocycles. The molecule has 12 nitrogen and oxygen atoms in total. The molecule has 1 atom stereocenters. The fourth-order valence-electron chi connectivity index (χ4n) is 5.96. The zero-order valence-corrected chi connectivity index (χ0v) is 22.6. The summed E-state index contributed by atoms with van der Waals surface area (Å²) in [5, 5.41) is 14.0. The smallest absolute Gasteiger partial charge is 0.222 e. The van der Waals surface area contributed by atoms with Gasteiger partial charge in [0.2, 0.25) is 5.88 Å². The summed E-state index contributed by atoms with van der Waals surface area (Å²) >= 11 is 0. The SMILES string of the molecule is CN1CCN(CC2CCCN2c2nn3c4cc(ncc24)Nc2ccnc(n2)-c2cnn(C)c2OCCC3)CC1. The molecule has 3 aliphatic rings. The van der Waals surface area contributed by atoms with Crippen molar-refractivity contribution in [3.05, 3.63) is 30.7 Å². The van der Waals surface area contributed by atoms with Crippen LogP contribution in [0.4, 0.5) is 17.5 Å². The monoisotopic (exact) mass is 529 g/mol. The maximum atomic E-state index is 6.19. The molecule has 2 saturated heterocycles. The summed E-state index contributed by atoms with van der Waals surface area (Å²) in [5.41, 5.74) is 1.84. The molecule has 12 heteroatoms. The Hall–Kier alpha value is -3.77. The minimum absolute atomic E-state index is 0.470. The molecule has 7 heterocycles. The highest BCUT2D eigenvalue weighted by Gasteiger charge is 2.31. The maximum Gasteiger partial charge on any atom is 0.222 e. The lowest BCUT2D eigenvalue weighted by molar-refractivity contribution is 0.147. The maximum absolute atomic E-state index is 6.19. The summed E-state index contributed by atoms with van der Waals surface area (Å²) in [7, 11) is 4.08. The summed E-state index contributed by atoms with van der Waals surface area (Å²) in [6.07, 6.45) is 8.64. The Morgan fingerprint density at radius 3 is 2.79 bits per heavy atom. The Kier molecular flexibility index (Phi) is 6.28. The van der Waals surface area contributed by atoms with Crippen LogP contribution in [0.15, 0.2) is 30.7 Å². The van der Waals surface area contributed by atoms with Crippen molar-refractivity contribution in [3.8, 4) is 17.3 Å². The Bertz CT molecular complexity index is 1470. The Labute approximate surface area is 227 Å². The molecule has 39 heavy (non-hydrogen) atoms. The van der Waals surface area contributed by atoms with Gasteiger partial charge in [0.05, 0.1) is 23.7 Å². The van der Waals surface area contributed by atoms with Gasteiger partial charge in [-0.25, -0.2) is 19.6 Å². The molecule has 3 aliphatic heterocycles. The predicted molar refractivity (Wildman–Crippen MR) is 149 cm³/mol. The Morgan fingerprint density at radius 1 is 1.00 bits per heavy atom. The number of likely N-dealkylation sites (N-methyl/N-ethyl adjacent to an activating group) is 1. The molecule has 0 saturated carbocycles. The molecular formula is C27H35N11O. The van der Waals surface area contributed by atoms with E-state index in [2.05, 4.69) is 47.9 Å². The van der Waals surface area contributed by atoms with Crippen molar-refractivity contribution in [2.24, 2.45) is 7.05 Å². The standard InChI is InChI=1S/C27H35N11O/c1-34-10-12-36(13-11-34)18-19-5-3-8-37(19)26-20-16-29-24-15-22(20)38(33-26)9-4-14-39-27-21(17-30-35(27)2)25-28-7-6-23(31-24)32-25/h6-7,15-17,19H,3-5,8-14,18H2,1-2H3,(H,28,29,31,32). The van der Waals surface area contributed by atoms with Crippen LogP contribution in [0.5, 0.6) is 5.88 Å². The predicted octanol–water partition coefficient (Wildman–Crippen LogP) is 2.36. The number of nitrogens with one attached hydrogen (secondary N) is 1. The van der Waals surface area contributed by atoms with E-state index in [1.54, 1.807) is 17.1 Å². The summed E-state index contributed by atoms with van der Waals surface area (Å²) in [4.78, 5) is 21.5. The topological polar surface area (TPSA) is 105 Å². The van der Waals surface area contributed by atoms with Gasteiger partial charge in [-0.3, -0.25) is 9.58 Å². The fourth-order valence-corrected chi connectivity index (χ4v) is 5.96. The first-order valence-corrected chi connectivity index (χ1v) is 13.9. The number of nitrogens with zero attached hydrogens (tertiary/aromatic N) is 10. The number of anilines is 3. The summed E-state index contributed by atoms with van der Waals surface area (Å²) in [6, 6.07) is 4.40. The van der Waals surface area contributed by atoms with E-state index in [1.807, 2.05) is 19.3 Å². The van der Waals surface area contributed by atoms with Crippen molar-refractivity contribution < 1.29 is 4.74 Å². The second-order valence-corrected chi connectivity index (χ2v) is 10.8.